The summed E-state index contributed by atoms with van der Waals surface area (Å²) in [4.78, 5) is 17.6. The monoisotopic (exact) mass is 422 g/mol. The average molecular weight is 422 g/mol. The second-order valence-corrected chi connectivity index (χ2v) is 7.29. The van der Waals surface area contributed by atoms with E-state index in [0.29, 0.717) is 0 Å². The number of ether oxygens (including phenoxy) is 3. The lowest BCUT2D eigenvalue weighted by atomic mass is 9.97. The Labute approximate surface area is 152 Å². The first-order valence-electron chi connectivity index (χ1n) is 7.82. The van der Waals surface area contributed by atoms with E-state index in [0.717, 1.165) is 0 Å². The number of hydrogen-bond acceptors (Lipinski definition) is 12. The third kappa shape index (κ3) is 5.20. The molecule has 0 bridgehead atoms. The predicted molar refractivity (Wildman–Crippen MR) is 79.5 cm³/mol. The Morgan fingerprint density at radius 3 is 1.78 bits per heavy atom. The van der Waals surface area contributed by atoms with Crippen molar-refractivity contribution in [3.05, 3.63) is 0 Å². The zero-order valence-electron chi connectivity index (χ0n) is 13.7. The van der Waals surface area contributed by atoms with E-state index in [1.807, 2.05) is 0 Å². The molecule has 9 N–H and O–H groups in total. The van der Waals surface area contributed by atoms with Crippen molar-refractivity contribution in [1.82, 2.24) is 0 Å². The third-order valence-corrected chi connectivity index (χ3v) is 4.68. The van der Waals surface area contributed by atoms with Gasteiger partial charge in [-0.05, 0) is 0 Å². The lowest BCUT2D eigenvalue weighted by Gasteiger charge is -2.45. The van der Waals surface area contributed by atoms with E-state index >= 15 is 0 Å². The summed E-state index contributed by atoms with van der Waals surface area (Å²) in [5.41, 5.74) is 0. The third-order valence-electron chi connectivity index (χ3n) is 4.20. The smallest absolute Gasteiger partial charge is 0.394 e. The van der Waals surface area contributed by atoms with Crippen LogP contribution in [-0.4, -0.2) is 120 Å². The Morgan fingerprint density at radius 2 is 1.26 bits per heavy atom. The van der Waals surface area contributed by atoms with Gasteiger partial charge in [0.2, 0.25) is 0 Å². The topological polar surface area (TPSA) is 236 Å². The summed E-state index contributed by atoms with van der Waals surface area (Å²) in [6, 6.07) is 0. The van der Waals surface area contributed by atoms with Crippen molar-refractivity contribution in [2.75, 3.05) is 13.2 Å². The number of aliphatic hydroxyl groups excluding tert-OH is 7. The molecule has 0 aliphatic carbocycles. The van der Waals surface area contributed by atoms with Gasteiger partial charge in [0.25, 0.3) is 0 Å². The van der Waals surface area contributed by atoms with E-state index in [4.69, 9.17) is 29.1 Å². The second kappa shape index (κ2) is 9.02. The largest absolute Gasteiger partial charge is 0.472 e. The summed E-state index contributed by atoms with van der Waals surface area (Å²) in [7, 11) is -5.10. The van der Waals surface area contributed by atoms with E-state index in [1.54, 1.807) is 0 Å². The molecule has 0 aromatic heterocycles. The molecule has 160 valence electrons. The Hall–Kier alpha value is -0.290. The van der Waals surface area contributed by atoms with Gasteiger partial charge in [-0.3, -0.25) is 4.52 Å². The molecular formula is C12H23O14P. The molecule has 0 saturated carbocycles. The van der Waals surface area contributed by atoms with Gasteiger partial charge in [-0.1, -0.05) is 0 Å². The Bertz CT molecular complexity index is 524. The van der Waals surface area contributed by atoms with Crippen LogP contribution in [0, 0.1) is 0 Å². The summed E-state index contributed by atoms with van der Waals surface area (Å²) in [5, 5.41) is 68.0. The van der Waals surface area contributed by atoms with E-state index in [1.165, 1.54) is 0 Å². The SMILES string of the molecule is O=P(O)(O)O[C@@H]1O[C@H](CO)[C@@H](O[C@@H]2O[C@H](CO)[C@H](O)[C@H](O)[C@H]2O)[C@H](O)[C@H]1O. The normalized spacial score (nSPS) is 46.4. The first-order chi connectivity index (χ1) is 12.5. The maximum absolute atomic E-state index is 10.9. The van der Waals surface area contributed by atoms with E-state index in [2.05, 4.69) is 4.52 Å². The van der Waals surface area contributed by atoms with Crippen LogP contribution < -0.4 is 0 Å². The average Bonchev–Trinajstić information content (AvgIpc) is 2.60. The van der Waals surface area contributed by atoms with Crippen LogP contribution in [0.3, 0.4) is 0 Å². The lowest BCUT2D eigenvalue weighted by Crippen LogP contribution is -2.64. The molecule has 2 rings (SSSR count). The van der Waals surface area contributed by atoms with Gasteiger partial charge in [0.15, 0.2) is 12.6 Å². The van der Waals surface area contributed by atoms with Gasteiger partial charge in [0, 0.05) is 0 Å². The molecule has 10 atom stereocenters. The molecule has 0 amide bonds. The van der Waals surface area contributed by atoms with Gasteiger partial charge >= 0.3 is 7.82 Å². The zero-order chi connectivity index (χ0) is 20.5. The van der Waals surface area contributed by atoms with Gasteiger partial charge in [0.1, 0.15) is 48.8 Å². The van der Waals surface area contributed by atoms with E-state index < -0.39 is 82.4 Å². The molecule has 2 saturated heterocycles. The van der Waals surface area contributed by atoms with Crippen molar-refractivity contribution in [3.63, 3.8) is 0 Å². The van der Waals surface area contributed by atoms with Crippen LogP contribution >= 0.6 is 7.82 Å². The lowest BCUT2D eigenvalue weighted by molar-refractivity contribution is -0.353. The Balaban J connectivity index is 2.14. The molecule has 2 heterocycles. The van der Waals surface area contributed by atoms with Crippen LogP contribution in [0.2, 0.25) is 0 Å². The first kappa shape index (κ1) is 23.0. The highest BCUT2D eigenvalue weighted by atomic mass is 31.2. The molecular weight excluding hydrogens is 399 g/mol. The maximum atomic E-state index is 10.9. The summed E-state index contributed by atoms with van der Waals surface area (Å²) in [6.45, 7) is -1.59. The highest BCUT2D eigenvalue weighted by molar-refractivity contribution is 7.46. The van der Waals surface area contributed by atoms with E-state index in [-0.39, 0.29) is 0 Å². The molecule has 0 radical (unpaired) electrons. The fourth-order valence-electron chi connectivity index (χ4n) is 2.78. The van der Waals surface area contributed by atoms with Crippen molar-refractivity contribution in [2.24, 2.45) is 0 Å². The highest BCUT2D eigenvalue weighted by Crippen LogP contribution is 2.41. The fraction of sp³-hybridized carbons (Fsp3) is 1.00. The molecule has 2 fully saturated rings. The highest BCUT2D eigenvalue weighted by Gasteiger charge is 2.51. The van der Waals surface area contributed by atoms with Crippen LogP contribution in [0.4, 0.5) is 0 Å². The second-order valence-electron chi connectivity index (χ2n) is 6.10. The minimum Gasteiger partial charge on any atom is -0.394 e. The summed E-state index contributed by atoms with van der Waals surface area (Å²) in [5.74, 6) is 0. The summed E-state index contributed by atoms with van der Waals surface area (Å²) in [6.07, 6.45) is -17.3. The quantitative estimate of drug-likeness (QED) is 0.182. The van der Waals surface area contributed by atoms with Gasteiger partial charge in [0.05, 0.1) is 13.2 Å². The predicted octanol–water partition coefficient (Wildman–Crippen LogP) is -5.28. The molecule has 2 aliphatic heterocycles. The molecule has 0 spiro atoms. The molecule has 0 aromatic rings. The molecule has 0 unspecified atom stereocenters. The van der Waals surface area contributed by atoms with Crippen molar-refractivity contribution in [1.29, 1.82) is 0 Å². The number of phosphoric acid groups is 1. The number of rotatable bonds is 6. The molecule has 15 heteroatoms. The van der Waals surface area contributed by atoms with Crippen LogP contribution in [0.25, 0.3) is 0 Å². The minimum absolute atomic E-state index is 0.737. The Morgan fingerprint density at radius 1 is 0.741 bits per heavy atom. The van der Waals surface area contributed by atoms with Crippen LogP contribution in [0.15, 0.2) is 0 Å². The van der Waals surface area contributed by atoms with Crippen LogP contribution in [0.5, 0.6) is 0 Å². The number of phosphoric ester groups is 1. The molecule has 14 nitrogen and oxygen atoms in total. The maximum Gasteiger partial charge on any atom is 0.472 e. The molecule has 0 aromatic carbocycles. The van der Waals surface area contributed by atoms with Crippen molar-refractivity contribution < 1.29 is 68.8 Å². The van der Waals surface area contributed by atoms with Crippen molar-refractivity contribution in [2.45, 2.75) is 61.4 Å². The number of aliphatic hydroxyl groups is 7. The van der Waals surface area contributed by atoms with Gasteiger partial charge in [-0.15, -0.1) is 0 Å². The summed E-state index contributed by atoms with van der Waals surface area (Å²) < 4.78 is 30.4. The fourth-order valence-corrected chi connectivity index (χ4v) is 3.22. The molecule has 2 aliphatic rings. The standard InChI is InChI=1S/C12H23O14P/c13-1-3-5(15)6(16)8(18)11(23-3)25-10-4(2-14)24-12(9(19)7(10)17)26-27(20,21)22/h3-19H,1-2H2,(H2,20,21,22)/t3-,4-,5+,6+,7-,8-,9-,10-,11+,12+/m1/s1. The van der Waals surface area contributed by atoms with Crippen LogP contribution in [-0.2, 0) is 23.3 Å². The van der Waals surface area contributed by atoms with E-state index in [9.17, 15) is 35.2 Å². The minimum atomic E-state index is -5.10. The van der Waals surface area contributed by atoms with Gasteiger partial charge in [-0.25, -0.2) is 4.57 Å². The Kier molecular flexibility index (Phi) is 7.68. The summed E-state index contributed by atoms with van der Waals surface area (Å²) >= 11 is 0. The van der Waals surface area contributed by atoms with Gasteiger partial charge < -0.3 is 59.7 Å². The zero-order valence-corrected chi connectivity index (χ0v) is 14.6. The van der Waals surface area contributed by atoms with Crippen molar-refractivity contribution in [3.8, 4) is 0 Å². The van der Waals surface area contributed by atoms with Crippen molar-refractivity contribution >= 4 is 7.82 Å². The molecule has 27 heavy (non-hydrogen) atoms. The number of hydrogen-bond donors (Lipinski definition) is 9. The van der Waals surface area contributed by atoms with Gasteiger partial charge in [-0.2, -0.15) is 0 Å². The first-order valence-corrected chi connectivity index (χ1v) is 9.35. The van der Waals surface area contributed by atoms with Crippen LogP contribution in [0.1, 0.15) is 0 Å².